The minimum atomic E-state index is -2.94. The van der Waals surface area contributed by atoms with E-state index < -0.39 is 9.84 Å². The first kappa shape index (κ1) is 11.9. The van der Waals surface area contributed by atoms with Crippen LogP contribution < -0.4 is 5.73 Å². The molecule has 0 aromatic carbocycles. The van der Waals surface area contributed by atoms with Gasteiger partial charge in [0.15, 0.2) is 0 Å². The fourth-order valence-corrected chi connectivity index (χ4v) is 1.80. The summed E-state index contributed by atoms with van der Waals surface area (Å²) in [5.41, 5.74) is 5.54. The monoisotopic (exact) mass is 195 g/mol. The molecule has 0 bridgehead atoms. The predicted molar refractivity (Wildman–Crippen MR) is 48.8 cm³/mol. The molecule has 0 radical (unpaired) electrons. The molecule has 0 saturated carbocycles. The second kappa shape index (κ2) is 5.50. The smallest absolute Gasteiger partial charge is 0.148 e. The van der Waals surface area contributed by atoms with Crippen molar-refractivity contribution in [3.8, 4) is 0 Å². The number of hydrogen-bond acceptors (Lipinski definition) is 4. The first-order chi connectivity index (χ1) is 5.45. The van der Waals surface area contributed by atoms with Gasteiger partial charge in [-0.2, -0.15) is 0 Å². The Kier molecular flexibility index (Phi) is 5.44. The third-order valence-electron chi connectivity index (χ3n) is 1.35. The summed E-state index contributed by atoms with van der Waals surface area (Å²) < 4.78 is 26.6. The van der Waals surface area contributed by atoms with Gasteiger partial charge in [-0.25, -0.2) is 8.42 Å². The maximum atomic E-state index is 10.8. The lowest BCUT2D eigenvalue weighted by atomic mass is 10.3. The van der Waals surface area contributed by atoms with Gasteiger partial charge in [-0.15, -0.1) is 0 Å². The van der Waals surface area contributed by atoms with E-state index in [0.717, 1.165) is 0 Å². The summed E-state index contributed by atoms with van der Waals surface area (Å²) in [6.45, 7) is 3.07. The lowest BCUT2D eigenvalue weighted by Gasteiger charge is -2.09. The molecule has 0 aliphatic rings. The highest BCUT2D eigenvalue weighted by Gasteiger charge is 2.09. The van der Waals surface area contributed by atoms with E-state index in [9.17, 15) is 8.42 Å². The minimum absolute atomic E-state index is 0.0417. The Labute approximate surface area is 74.0 Å². The first-order valence-corrected chi connectivity index (χ1v) is 6.03. The SMILES string of the molecule is CCOCCC(N)CS(C)(=O)=O. The Balaban J connectivity index is 3.53. The average molecular weight is 195 g/mol. The van der Waals surface area contributed by atoms with Crippen LogP contribution in [-0.4, -0.2) is 39.7 Å². The zero-order valence-electron chi connectivity index (χ0n) is 7.62. The Bertz CT molecular complexity index is 201. The highest BCUT2D eigenvalue weighted by atomic mass is 32.2. The van der Waals surface area contributed by atoms with Crippen molar-refractivity contribution in [3.05, 3.63) is 0 Å². The van der Waals surface area contributed by atoms with E-state index in [-0.39, 0.29) is 11.8 Å². The number of ether oxygens (including phenoxy) is 1. The van der Waals surface area contributed by atoms with E-state index in [2.05, 4.69) is 0 Å². The van der Waals surface area contributed by atoms with E-state index in [0.29, 0.717) is 19.6 Å². The van der Waals surface area contributed by atoms with Crippen molar-refractivity contribution in [2.24, 2.45) is 5.73 Å². The lowest BCUT2D eigenvalue weighted by Crippen LogP contribution is -2.30. The summed E-state index contributed by atoms with van der Waals surface area (Å²) in [5, 5.41) is 0. The van der Waals surface area contributed by atoms with Gasteiger partial charge >= 0.3 is 0 Å². The summed E-state index contributed by atoms with van der Waals surface area (Å²) in [6, 6.07) is -0.299. The number of hydrogen-bond donors (Lipinski definition) is 1. The van der Waals surface area contributed by atoms with Crippen LogP contribution >= 0.6 is 0 Å². The quantitative estimate of drug-likeness (QED) is 0.595. The average Bonchev–Trinajstić information content (AvgIpc) is 1.84. The van der Waals surface area contributed by atoms with Gasteiger partial charge in [0.2, 0.25) is 0 Å². The van der Waals surface area contributed by atoms with E-state index >= 15 is 0 Å². The maximum Gasteiger partial charge on any atom is 0.148 e. The third-order valence-corrected chi connectivity index (χ3v) is 2.39. The lowest BCUT2D eigenvalue weighted by molar-refractivity contribution is 0.141. The summed E-state index contributed by atoms with van der Waals surface area (Å²) in [7, 11) is -2.94. The van der Waals surface area contributed by atoms with Gasteiger partial charge in [0.25, 0.3) is 0 Å². The molecule has 0 amide bonds. The van der Waals surface area contributed by atoms with Crippen LogP contribution in [0.4, 0.5) is 0 Å². The highest BCUT2D eigenvalue weighted by molar-refractivity contribution is 7.90. The molecule has 0 aliphatic carbocycles. The van der Waals surface area contributed by atoms with E-state index in [1.54, 1.807) is 0 Å². The topological polar surface area (TPSA) is 69.4 Å². The van der Waals surface area contributed by atoms with E-state index in [4.69, 9.17) is 10.5 Å². The molecular formula is C7H17NO3S. The Morgan fingerprint density at radius 1 is 1.50 bits per heavy atom. The summed E-state index contributed by atoms with van der Waals surface area (Å²) in [6.07, 6.45) is 1.79. The molecule has 0 heterocycles. The molecule has 12 heavy (non-hydrogen) atoms. The largest absolute Gasteiger partial charge is 0.382 e. The second-order valence-electron chi connectivity index (χ2n) is 2.84. The molecule has 2 N–H and O–H groups in total. The Morgan fingerprint density at radius 2 is 2.08 bits per heavy atom. The van der Waals surface area contributed by atoms with Crippen LogP contribution in [0.3, 0.4) is 0 Å². The Hall–Kier alpha value is -0.130. The van der Waals surface area contributed by atoms with Crippen molar-refractivity contribution in [3.63, 3.8) is 0 Å². The van der Waals surface area contributed by atoms with Gasteiger partial charge in [-0.05, 0) is 13.3 Å². The van der Waals surface area contributed by atoms with Gasteiger partial charge in [0, 0.05) is 25.5 Å². The van der Waals surface area contributed by atoms with Gasteiger partial charge in [-0.1, -0.05) is 0 Å². The molecular weight excluding hydrogens is 178 g/mol. The molecule has 74 valence electrons. The molecule has 0 aliphatic heterocycles. The van der Waals surface area contributed by atoms with Crippen molar-refractivity contribution in [2.75, 3.05) is 25.2 Å². The third kappa shape index (κ3) is 7.97. The molecule has 0 fully saturated rings. The molecule has 0 spiro atoms. The second-order valence-corrected chi connectivity index (χ2v) is 5.02. The molecule has 0 saturated heterocycles. The summed E-state index contributed by atoms with van der Waals surface area (Å²) in [5.74, 6) is 0.0417. The van der Waals surface area contributed by atoms with Gasteiger partial charge in [-0.3, -0.25) is 0 Å². The van der Waals surface area contributed by atoms with Crippen LogP contribution in [0.25, 0.3) is 0 Å². The zero-order chi connectivity index (χ0) is 9.61. The van der Waals surface area contributed by atoms with Gasteiger partial charge < -0.3 is 10.5 Å². The van der Waals surface area contributed by atoms with Crippen LogP contribution in [0.1, 0.15) is 13.3 Å². The fourth-order valence-electron chi connectivity index (χ4n) is 0.851. The van der Waals surface area contributed by atoms with Crippen molar-refractivity contribution in [1.29, 1.82) is 0 Å². The molecule has 4 nitrogen and oxygen atoms in total. The number of rotatable bonds is 6. The highest BCUT2D eigenvalue weighted by Crippen LogP contribution is 1.94. The van der Waals surface area contributed by atoms with Crippen molar-refractivity contribution >= 4 is 9.84 Å². The molecule has 0 aromatic heterocycles. The first-order valence-electron chi connectivity index (χ1n) is 3.96. The minimum Gasteiger partial charge on any atom is -0.382 e. The Morgan fingerprint density at radius 3 is 2.50 bits per heavy atom. The summed E-state index contributed by atoms with van der Waals surface area (Å²) >= 11 is 0. The van der Waals surface area contributed by atoms with Crippen LogP contribution in [0.15, 0.2) is 0 Å². The molecule has 5 heteroatoms. The predicted octanol–water partition coefficient (Wildman–Crippen LogP) is -0.215. The molecule has 1 atom stereocenters. The van der Waals surface area contributed by atoms with Crippen LogP contribution in [0.5, 0.6) is 0 Å². The van der Waals surface area contributed by atoms with Crippen LogP contribution in [0.2, 0.25) is 0 Å². The van der Waals surface area contributed by atoms with Crippen molar-refractivity contribution in [1.82, 2.24) is 0 Å². The van der Waals surface area contributed by atoms with E-state index in [1.807, 2.05) is 6.92 Å². The van der Waals surface area contributed by atoms with Gasteiger partial charge in [0.05, 0.1) is 5.75 Å². The summed E-state index contributed by atoms with van der Waals surface area (Å²) in [4.78, 5) is 0. The zero-order valence-corrected chi connectivity index (χ0v) is 8.43. The molecule has 1 unspecified atom stereocenters. The fraction of sp³-hybridized carbons (Fsp3) is 1.00. The van der Waals surface area contributed by atoms with Crippen molar-refractivity contribution < 1.29 is 13.2 Å². The molecule has 0 rings (SSSR count). The van der Waals surface area contributed by atoms with Crippen LogP contribution in [-0.2, 0) is 14.6 Å². The maximum absolute atomic E-state index is 10.8. The van der Waals surface area contributed by atoms with Crippen LogP contribution in [0, 0.1) is 0 Å². The van der Waals surface area contributed by atoms with E-state index in [1.165, 1.54) is 6.26 Å². The number of sulfone groups is 1. The normalized spacial score (nSPS) is 14.6. The van der Waals surface area contributed by atoms with Gasteiger partial charge in [0.1, 0.15) is 9.84 Å². The molecule has 0 aromatic rings. The van der Waals surface area contributed by atoms with Crippen molar-refractivity contribution in [2.45, 2.75) is 19.4 Å². The number of nitrogens with two attached hydrogens (primary N) is 1. The standard InChI is InChI=1S/C7H17NO3S/c1-3-11-5-4-7(8)6-12(2,9)10/h7H,3-6,8H2,1-2H3.